The molecule has 0 unspecified atom stereocenters. The third-order valence-electron chi connectivity index (χ3n) is 3.59. The highest BCUT2D eigenvalue weighted by Gasteiger charge is 2.19. The number of amides is 1. The summed E-state index contributed by atoms with van der Waals surface area (Å²) in [6.45, 7) is 0.643. The number of ether oxygens (including phenoxy) is 1. The summed E-state index contributed by atoms with van der Waals surface area (Å²) in [6.07, 6.45) is 5.59. The number of carbonyl (C=O) groups is 1. The van der Waals surface area contributed by atoms with Gasteiger partial charge < -0.3 is 10.1 Å². The lowest BCUT2D eigenvalue weighted by Crippen LogP contribution is -2.32. The summed E-state index contributed by atoms with van der Waals surface area (Å²) in [6, 6.07) is 7.28. The number of hydrogen-bond acceptors (Lipinski definition) is 2. The van der Waals surface area contributed by atoms with Gasteiger partial charge in [0.2, 0.25) is 5.91 Å². The van der Waals surface area contributed by atoms with E-state index in [2.05, 4.69) is 17.2 Å². The molecule has 1 aliphatic rings. The number of para-hydroxylation sites is 1. The van der Waals surface area contributed by atoms with Gasteiger partial charge in [0, 0.05) is 5.92 Å². The van der Waals surface area contributed by atoms with Crippen molar-refractivity contribution in [3.63, 3.8) is 0 Å². The fourth-order valence-corrected chi connectivity index (χ4v) is 2.62. The van der Waals surface area contributed by atoms with E-state index in [1.54, 1.807) is 12.1 Å². The average Bonchev–Trinajstić information content (AvgIpc) is 2.53. The number of benzene rings is 1. The molecule has 2 rings (SSSR count). The molecule has 1 fully saturated rings. The summed E-state index contributed by atoms with van der Waals surface area (Å²) in [5.41, 5.74) is 0. The molecule has 1 saturated carbocycles. The highest BCUT2D eigenvalue weighted by atomic mass is 35.5. The second kappa shape index (κ2) is 8.59. The van der Waals surface area contributed by atoms with E-state index in [-0.39, 0.29) is 18.4 Å². The van der Waals surface area contributed by atoms with Crippen LogP contribution in [0.15, 0.2) is 24.3 Å². The zero-order valence-electron chi connectivity index (χ0n) is 12.0. The highest BCUT2D eigenvalue weighted by molar-refractivity contribution is 6.32. The van der Waals surface area contributed by atoms with Crippen LogP contribution in [0.1, 0.15) is 32.1 Å². The Labute approximate surface area is 131 Å². The molecule has 0 saturated heterocycles. The first-order chi connectivity index (χ1) is 10.3. The smallest absolute Gasteiger partial charge is 0.223 e. The van der Waals surface area contributed by atoms with E-state index in [0.29, 0.717) is 17.3 Å². The highest BCUT2D eigenvalue weighted by Crippen LogP contribution is 2.23. The van der Waals surface area contributed by atoms with E-state index in [4.69, 9.17) is 16.3 Å². The molecule has 1 amide bonds. The van der Waals surface area contributed by atoms with Crippen LogP contribution >= 0.6 is 11.6 Å². The zero-order valence-corrected chi connectivity index (χ0v) is 12.8. The van der Waals surface area contributed by atoms with E-state index >= 15 is 0 Å². The quantitative estimate of drug-likeness (QED) is 0.866. The number of carbonyl (C=O) groups excluding carboxylic acids is 1. The first-order valence-corrected chi connectivity index (χ1v) is 7.76. The fraction of sp³-hybridized carbons (Fsp3) is 0.471. The van der Waals surface area contributed by atoms with E-state index < -0.39 is 0 Å². The lowest BCUT2D eigenvalue weighted by molar-refractivity contribution is -0.125. The Morgan fingerprint density at radius 3 is 2.76 bits per heavy atom. The molecule has 1 aromatic rings. The average molecular weight is 306 g/mol. The zero-order chi connectivity index (χ0) is 14.9. The number of hydrogen-bond donors (Lipinski definition) is 1. The molecular weight excluding hydrogens is 286 g/mol. The van der Waals surface area contributed by atoms with Gasteiger partial charge in [-0.2, -0.15) is 0 Å². The maximum Gasteiger partial charge on any atom is 0.223 e. The van der Waals surface area contributed by atoms with Gasteiger partial charge in [-0.25, -0.2) is 0 Å². The normalized spacial score (nSPS) is 14.9. The third-order valence-corrected chi connectivity index (χ3v) is 3.90. The predicted octanol–water partition coefficient (Wildman–Crippen LogP) is 3.42. The van der Waals surface area contributed by atoms with Crippen molar-refractivity contribution in [2.45, 2.75) is 32.1 Å². The van der Waals surface area contributed by atoms with E-state index in [1.165, 1.54) is 6.42 Å². The Morgan fingerprint density at radius 2 is 2.00 bits per heavy atom. The topological polar surface area (TPSA) is 38.3 Å². The SMILES string of the molecule is O=C(NCC#CCOc1ccccc1Cl)C1CCCCC1. The minimum atomic E-state index is 0.135. The lowest BCUT2D eigenvalue weighted by atomic mass is 9.89. The second-order valence-corrected chi connectivity index (χ2v) is 5.53. The van der Waals surface area contributed by atoms with Crippen molar-refractivity contribution in [3.8, 4) is 17.6 Å². The summed E-state index contributed by atoms with van der Waals surface area (Å²) in [4.78, 5) is 11.9. The van der Waals surface area contributed by atoms with Crippen molar-refractivity contribution in [2.75, 3.05) is 13.2 Å². The largest absolute Gasteiger partial charge is 0.479 e. The van der Waals surface area contributed by atoms with E-state index in [1.807, 2.05) is 12.1 Å². The molecule has 0 bridgehead atoms. The van der Waals surface area contributed by atoms with Gasteiger partial charge in [0.05, 0.1) is 11.6 Å². The Morgan fingerprint density at radius 1 is 1.24 bits per heavy atom. The monoisotopic (exact) mass is 305 g/mol. The second-order valence-electron chi connectivity index (χ2n) is 5.13. The molecule has 3 nitrogen and oxygen atoms in total. The summed E-state index contributed by atoms with van der Waals surface area (Å²) in [7, 11) is 0. The molecule has 0 aromatic heterocycles. The van der Waals surface area contributed by atoms with Crippen molar-refractivity contribution in [2.24, 2.45) is 5.92 Å². The van der Waals surface area contributed by atoms with Crippen molar-refractivity contribution < 1.29 is 9.53 Å². The minimum absolute atomic E-state index is 0.135. The van der Waals surface area contributed by atoms with Crippen LogP contribution in [0.4, 0.5) is 0 Å². The van der Waals surface area contributed by atoms with Crippen molar-refractivity contribution >= 4 is 17.5 Å². The Kier molecular flexibility index (Phi) is 6.43. The molecule has 0 heterocycles. The molecule has 0 radical (unpaired) electrons. The van der Waals surface area contributed by atoms with E-state index in [9.17, 15) is 4.79 Å². The molecular formula is C17H20ClNO2. The van der Waals surface area contributed by atoms with Crippen LogP contribution in [-0.4, -0.2) is 19.1 Å². The van der Waals surface area contributed by atoms with Crippen LogP contribution in [0.2, 0.25) is 5.02 Å². The molecule has 1 N–H and O–H groups in total. The van der Waals surface area contributed by atoms with Crippen LogP contribution in [0, 0.1) is 17.8 Å². The number of halogens is 1. The standard InChI is InChI=1S/C17H20ClNO2/c18-15-10-4-5-11-16(15)21-13-7-6-12-19-17(20)14-8-2-1-3-9-14/h4-5,10-11,14H,1-3,8-9,12-13H2,(H,19,20). The summed E-state index contributed by atoms with van der Waals surface area (Å²) in [5, 5.41) is 3.44. The van der Waals surface area contributed by atoms with Crippen LogP contribution in [0.3, 0.4) is 0 Å². The van der Waals surface area contributed by atoms with Crippen molar-refractivity contribution in [1.82, 2.24) is 5.32 Å². The maximum absolute atomic E-state index is 11.9. The molecule has 0 aliphatic heterocycles. The number of rotatable bonds is 4. The molecule has 1 aliphatic carbocycles. The van der Waals surface area contributed by atoms with Gasteiger partial charge in [-0.3, -0.25) is 4.79 Å². The molecule has 4 heteroatoms. The van der Waals surface area contributed by atoms with Gasteiger partial charge in [-0.05, 0) is 25.0 Å². The first kappa shape index (κ1) is 15.7. The Balaban J connectivity index is 1.65. The Bertz CT molecular complexity index is 527. The van der Waals surface area contributed by atoms with Crippen LogP contribution in [0.25, 0.3) is 0 Å². The minimum Gasteiger partial charge on any atom is -0.479 e. The van der Waals surface area contributed by atoms with Crippen LogP contribution in [-0.2, 0) is 4.79 Å². The van der Waals surface area contributed by atoms with Gasteiger partial charge >= 0.3 is 0 Å². The first-order valence-electron chi connectivity index (χ1n) is 7.38. The summed E-state index contributed by atoms with van der Waals surface area (Å²) < 4.78 is 5.44. The van der Waals surface area contributed by atoms with Gasteiger partial charge in [0.15, 0.2) is 0 Å². The van der Waals surface area contributed by atoms with E-state index in [0.717, 1.165) is 25.7 Å². The molecule has 0 spiro atoms. The lowest BCUT2D eigenvalue weighted by Gasteiger charge is -2.19. The molecule has 0 atom stereocenters. The van der Waals surface area contributed by atoms with Crippen LogP contribution < -0.4 is 10.1 Å². The Hall–Kier alpha value is -1.66. The van der Waals surface area contributed by atoms with Crippen molar-refractivity contribution in [1.29, 1.82) is 0 Å². The summed E-state index contributed by atoms with van der Waals surface area (Å²) >= 11 is 5.96. The van der Waals surface area contributed by atoms with Gasteiger partial charge in [0.1, 0.15) is 12.4 Å². The van der Waals surface area contributed by atoms with Crippen LogP contribution in [0.5, 0.6) is 5.75 Å². The molecule has 1 aromatic carbocycles. The summed E-state index contributed by atoms with van der Waals surface area (Å²) in [5.74, 6) is 6.71. The maximum atomic E-state index is 11.9. The number of nitrogens with one attached hydrogen (secondary N) is 1. The predicted molar refractivity (Wildman–Crippen MR) is 84.3 cm³/mol. The van der Waals surface area contributed by atoms with Crippen molar-refractivity contribution in [3.05, 3.63) is 29.3 Å². The third kappa shape index (κ3) is 5.32. The fourth-order valence-electron chi connectivity index (χ4n) is 2.43. The molecule has 21 heavy (non-hydrogen) atoms. The van der Waals surface area contributed by atoms with Gasteiger partial charge in [-0.15, -0.1) is 0 Å². The molecule has 112 valence electrons. The van der Waals surface area contributed by atoms with Gasteiger partial charge in [0.25, 0.3) is 0 Å². The van der Waals surface area contributed by atoms with Gasteiger partial charge in [-0.1, -0.05) is 54.8 Å².